The van der Waals surface area contributed by atoms with Gasteiger partial charge in [0.25, 0.3) is 0 Å². The van der Waals surface area contributed by atoms with Crippen LogP contribution in [0.25, 0.3) is 0 Å². The second-order valence-corrected chi connectivity index (χ2v) is 10.3. The molecule has 0 amide bonds. The van der Waals surface area contributed by atoms with Crippen molar-refractivity contribution in [1.82, 2.24) is 0 Å². The van der Waals surface area contributed by atoms with Gasteiger partial charge in [-0.1, -0.05) is 146 Å². The molecule has 190 valence electrons. The molecule has 0 unspecified atom stereocenters. The second kappa shape index (κ2) is 14.6. The van der Waals surface area contributed by atoms with Gasteiger partial charge in [0.15, 0.2) is 0 Å². The van der Waals surface area contributed by atoms with Crippen molar-refractivity contribution in [3.8, 4) is 0 Å². The summed E-state index contributed by atoms with van der Waals surface area (Å²) in [5.74, 6) is 0. The van der Waals surface area contributed by atoms with E-state index in [2.05, 4.69) is 52.0 Å². The summed E-state index contributed by atoms with van der Waals surface area (Å²) < 4.78 is 0. The fourth-order valence-corrected chi connectivity index (χ4v) is 4.47. The summed E-state index contributed by atoms with van der Waals surface area (Å²) in [6.45, 7) is 8.37. The van der Waals surface area contributed by atoms with Gasteiger partial charge in [-0.2, -0.15) is 0 Å². The van der Waals surface area contributed by atoms with E-state index in [4.69, 9.17) is 48.9 Å². The first-order chi connectivity index (χ1) is 17.2. The third kappa shape index (κ3) is 8.36. The molecule has 0 aliphatic rings. The monoisotopic (exact) mass is 598 g/mol. The van der Waals surface area contributed by atoms with Gasteiger partial charge < -0.3 is 0 Å². The maximum Gasteiger partial charge on any atom is 0.0636 e. The molecule has 0 saturated heterocycles. The van der Waals surface area contributed by atoms with E-state index >= 15 is 0 Å². The molecule has 0 spiro atoms. The SMILES string of the molecule is Cc1ccc(C(=S)C(=S)c2ccccc2)cc1C.Cc1ccc(C(=S)C(=S)c2ccccc2)cc1C.[Ni]. The number of aryl methyl sites for hydroxylation is 4. The Morgan fingerprint density at radius 3 is 0.973 bits per heavy atom. The quantitative estimate of drug-likeness (QED) is 0.123. The van der Waals surface area contributed by atoms with Gasteiger partial charge in [0, 0.05) is 16.5 Å². The van der Waals surface area contributed by atoms with E-state index in [0.29, 0.717) is 0 Å². The molecule has 0 fully saturated rings. The van der Waals surface area contributed by atoms with Crippen LogP contribution in [0, 0.1) is 27.7 Å². The van der Waals surface area contributed by atoms with E-state index in [-0.39, 0.29) is 16.5 Å². The van der Waals surface area contributed by atoms with Gasteiger partial charge in [-0.3, -0.25) is 0 Å². The van der Waals surface area contributed by atoms with Crippen LogP contribution in [0.1, 0.15) is 44.5 Å². The zero-order chi connectivity index (χ0) is 26.2. The van der Waals surface area contributed by atoms with Crippen molar-refractivity contribution in [3.05, 3.63) is 142 Å². The van der Waals surface area contributed by atoms with Gasteiger partial charge in [-0.15, -0.1) is 0 Å². The van der Waals surface area contributed by atoms with Gasteiger partial charge in [0.2, 0.25) is 0 Å². The maximum absolute atomic E-state index is 5.49. The molecule has 0 aliphatic carbocycles. The smallest absolute Gasteiger partial charge is 0.0636 e. The standard InChI is InChI=1S/2C16H14S2.Ni/c2*1-11-8-9-14(10-12(11)2)16(18)15(17)13-6-4-3-5-7-13;/h2*3-10H,1-2H3;. The Balaban J connectivity index is 0.000000253. The van der Waals surface area contributed by atoms with Gasteiger partial charge in [-0.05, 0) is 72.2 Å². The number of rotatable bonds is 6. The molecule has 4 rings (SSSR count). The Hall–Kier alpha value is -2.27. The molecule has 0 N–H and O–H groups in total. The van der Waals surface area contributed by atoms with Crippen molar-refractivity contribution >= 4 is 68.3 Å². The minimum Gasteiger partial charge on any atom is -0.0778 e. The van der Waals surface area contributed by atoms with Crippen molar-refractivity contribution in [3.63, 3.8) is 0 Å². The van der Waals surface area contributed by atoms with Gasteiger partial charge in [0.1, 0.15) is 0 Å². The maximum atomic E-state index is 5.49. The zero-order valence-corrected chi connectivity index (χ0v) is 25.4. The summed E-state index contributed by atoms with van der Waals surface area (Å²) in [6.07, 6.45) is 0. The van der Waals surface area contributed by atoms with Crippen LogP contribution in [0.15, 0.2) is 97.1 Å². The molecule has 0 bridgehead atoms. The molecular formula is C32H28NiS4. The predicted octanol–water partition coefficient (Wildman–Crippen LogP) is 8.88. The topological polar surface area (TPSA) is 0 Å². The first kappa shape index (κ1) is 31.0. The van der Waals surface area contributed by atoms with Crippen molar-refractivity contribution < 1.29 is 16.5 Å². The predicted molar refractivity (Wildman–Crippen MR) is 172 cm³/mol. The summed E-state index contributed by atoms with van der Waals surface area (Å²) >= 11 is 21.9. The average Bonchev–Trinajstić information content (AvgIpc) is 2.91. The molecule has 0 heterocycles. The summed E-state index contributed by atoms with van der Waals surface area (Å²) in [4.78, 5) is 2.99. The van der Waals surface area contributed by atoms with E-state index < -0.39 is 0 Å². The van der Waals surface area contributed by atoms with Crippen molar-refractivity contribution in [2.75, 3.05) is 0 Å². The van der Waals surface area contributed by atoms with Crippen LogP contribution < -0.4 is 0 Å². The van der Waals surface area contributed by atoms with Gasteiger partial charge in [0.05, 0.1) is 19.5 Å². The summed E-state index contributed by atoms with van der Waals surface area (Å²) in [6, 6.07) is 32.3. The van der Waals surface area contributed by atoms with Crippen molar-refractivity contribution in [1.29, 1.82) is 0 Å². The van der Waals surface area contributed by atoms with Crippen LogP contribution in [0.5, 0.6) is 0 Å². The molecule has 4 aromatic carbocycles. The van der Waals surface area contributed by atoms with Crippen LogP contribution in [-0.2, 0) is 16.5 Å². The van der Waals surface area contributed by atoms with E-state index in [0.717, 1.165) is 41.7 Å². The summed E-state index contributed by atoms with van der Waals surface area (Å²) in [7, 11) is 0. The zero-order valence-electron chi connectivity index (χ0n) is 21.2. The second-order valence-electron chi connectivity index (χ2n) is 8.65. The Bertz CT molecular complexity index is 1310. The Labute approximate surface area is 252 Å². The largest absolute Gasteiger partial charge is 0.0778 e. The molecular weight excluding hydrogens is 571 g/mol. The Morgan fingerprint density at radius 2 is 0.676 bits per heavy atom. The molecule has 0 aliphatic heterocycles. The normalized spacial score (nSPS) is 9.84. The third-order valence-corrected chi connectivity index (χ3v) is 8.04. The molecule has 0 nitrogen and oxygen atoms in total. The van der Waals surface area contributed by atoms with Gasteiger partial charge in [-0.25, -0.2) is 0 Å². The van der Waals surface area contributed by atoms with Crippen molar-refractivity contribution in [2.24, 2.45) is 0 Å². The minimum atomic E-state index is 0. The molecule has 37 heavy (non-hydrogen) atoms. The summed E-state index contributed by atoms with van der Waals surface area (Å²) in [5, 5.41) is 0. The van der Waals surface area contributed by atoms with E-state index in [1.807, 2.05) is 72.8 Å². The third-order valence-electron chi connectivity index (χ3n) is 6.02. The first-order valence-corrected chi connectivity index (χ1v) is 13.2. The number of hydrogen-bond acceptors (Lipinski definition) is 4. The fourth-order valence-electron chi connectivity index (χ4n) is 3.47. The number of hydrogen-bond donors (Lipinski definition) is 0. The van der Waals surface area contributed by atoms with E-state index in [1.165, 1.54) is 22.3 Å². The molecule has 4 aromatic rings. The number of benzene rings is 4. The molecule has 0 atom stereocenters. The van der Waals surface area contributed by atoms with Gasteiger partial charge >= 0.3 is 0 Å². The van der Waals surface area contributed by atoms with Crippen LogP contribution in [0.4, 0.5) is 0 Å². The first-order valence-electron chi connectivity index (χ1n) is 11.6. The molecule has 0 saturated carbocycles. The Kier molecular flexibility index (Phi) is 12.2. The molecule has 0 aromatic heterocycles. The van der Waals surface area contributed by atoms with E-state index in [1.54, 1.807) is 0 Å². The van der Waals surface area contributed by atoms with E-state index in [9.17, 15) is 0 Å². The van der Waals surface area contributed by atoms with Crippen LogP contribution in [0.3, 0.4) is 0 Å². The average molecular weight is 600 g/mol. The van der Waals surface area contributed by atoms with Crippen LogP contribution in [0.2, 0.25) is 0 Å². The number of thiocarbonyl (C=S) groups is 4. The fraction of sp³-hybridized carbons (Fsp3) is 0.125. The molecule has 5 heteroatoms. The minimum absolute atomic E-state index is 0. The van der Waals surface area contributed by atoms with Crippen LogP contribution in [-0.4, -0.2) is 19.5 Å². The molecule has 0 radical (unpaired) electrons. The van der Waals surface area contributed by atoms with Crippen molar-refractivity contribution in [2.45, 2.75) is 27.7 Å². The Morgan fingerprint density at radius 1 is 0.378 bits per heavy atom. The van der Waals surface area contributed by atoms with Crippen LogP contribution >= 0.6 is 48.9 Å². The summed E-state index contributed by atoms with van der Waals surface area (Å²) in [5.41, 5.74) is 9.10.